The Morgan fingerprint density at radius 2 is 0.911 bits per heavy atom. The predicted molar refractivity (Wildman–Crippen MR) is 234 cm³/mol. The van der Waals surface area contributed by atoms with Crippen LogP contribution < -0.4 is 0 Å². The van der Waals surface area contributed by atoms with Crippen molar-refractivity contribution >= 4 is 53.3 Å². The molecule has 0 atom stereocenters. The SMILES string of the molecule is c1ccc(-c2nc(-c3ccccc3)nc(-c3cccc4c3sc3cccc(-c5ccccc5-c5ccc6c(c5)c5ccccc5n6-c5ccccc5)c34)n2)cc1. The summed E-state index contributed by atoms with van der Waals surface area (Å²) in [5.41, 5.74) is 11.3. The molecule has 0 bridgehead atoms. The van der Waals surface area contributed by atoms with Crippen LogP contribution in [0.15, 0.2) is 194 Å². The molecular weight excluding hydrogens is 701 g/mol. The summed E-state index contributed by atoms with van der Waals surface area (Å²) in [6, 6.07) is 68.6. The third-order valence-electron chi connectivity index (χ3n) is 10.7. The standard InChI is InChI=1S/C51H32N4S/c1-4-16-33(17-5-1)49-52-50(34-18-6-2-7-19-34)54-51(53-49)42-27-14-26-41-47-40(25-15-29-46(47)56-48(41)42)38-23-11-10-22-37(38)35-30-31-45-43(32-35)39-24-12-13-28-44(39)55(45)36-20-8-3-9-21-36/h1-32H. The van der Waals surface area contributed by atoms with E-state index in [0.29, 0.717) is 17.5 Å². The fourth-order valence-electron chi connectivity index (χ4n) is 8.14. The lowest BCUT2D eigenvalue weighted by Crippen LogP contribution is -2.00. The fourth-order valence-corrected chi connectivity index (χ4v) is 9.38. The molecule has 0 N–H and O–H groups in total. The van der Waals surface area contributed by atoms with Gasteiger partial charge in [-0.2, -0.15) is 0 Å². The maximum Gasteiger partial charge on any atom is 0.165 e. The first-order chi connectivity index (χ1) is 27.8. The molecule has 0 unspecified atom stereocenters. The summed E-state index contributed by atoms with van der Waals surface area (Å²) in [5, 5.41) is 4.91. The second kappa shape index (κ2) is 13.3. The summed E-state index contributed by atoms with van der Waals surface area (Å²) in [6.07, 6.45) is 0. The van der Waals surface area contributed by atoms with E-state index in [4.69, 9.17) is 15.0 Å². The number of thiophene rings is 1. The lowest BCUT2D eigenvalue weighted by molar-refractivity contribution is 1.08. The first-order valence-corrected chi connectivity index (χ1v) is 19.6. The van der Waals surface area contributed by atoms with Crippen molar-refractivity contribution in [3.8, 4) is 62.1 Å². The van der Waals surface area contributed by atoms with Crippen molar-refractivity contribution in [3.63, 3.8) is 0 Å². The van der Waals surface area contributed by atoms with Crippen LogP contribution in [0.1, 0.15) is 0 Å². The van der Waals surface area contributed by atoms with Crippen molar-refractivity contribution in [3.05, 3.63) is 194 Å². The highest BCUT2D eigenvalue weighted by Gasteiger charge is 2.20. The van der Waals surface area contributed by atoms with Crippen LogP contribution in [0.3, 0.4) is 0 Å². The van der Waals surface area contributed by atoms with Crippen LogP contribution >= 0.6 is 11.3 Å². The van der Waals surface area contributed by atoms with Gasteiger partial charge in [0.25, 0.3) is 0 Å². The molecule has 56 heavy (non-hydrogen) atoms. The lowest BCUT2D eigenvalue weighted by Gasteiger charge is -2.13. The Kier molecular flexibility index (Phi) is 7.64. The molecule has 0 spiro atoms. The third-order valence-corrected chi connectivity index (χ3v) is 11.9. The van der Waals surface area contributed by atoms with Crippen LogP contribution in [-0.2, 0) is 0 Å². The van der Waals surface area contributed by atoms with Gasteiger partial charge in [-0.15, -0.1) is 11.3 Å². The van der Waals surface area contributed by atoms with Crippen LogP contribution in [0.2, 0.25) is 0 Å². The van der Waals surface area contributed by atoms with Gasteiger partial charge in [-0.1, -0.05) is 152 Å². The van der Waals surface area contributed by atoms with Crippen molar-refractivity contribution in [2.75, 3.05) is 0 Å². The van der Waals surface area contributed by atoms with Gasteiger partial charge in [0.15, 0.2) is 17.5 Å². The predicted octanol–water partition coefficient (Wildman–Crippen LogP) is 13.7. The topological polar surface area (TPSA) is 43.6 Å². The summed E-state index contributed by atoms with van der Waals surface area (Å²) >= 11 is 1.80. The maximum atomic E-state index is 5.10. The number of fused-ring (bicyclic) bond motifs is 6. The first-order valence-electron chi connectivity index (χ1n) is 18.8. The average molecular weight is 733 g/mol. The molecule has 0 aliphatic carbocycles. The molecule has 0 aliphatic rings. The van der Waals surface area contributed by atoms with Gasteiger partial charge in [-0.05, 0) is 64.7 Å². The number of hydrogen-bond acceptors (Lipinski definition) is 4. The van der Waals surface area contributed by atoms with E-state index in [-0.39, 0.29) is 0 Å². The Morgan fingerprint density at radius 1 is 0.357 bits per heavy atom. The molecule has 5 heteroatoms. The molecule has 0 aliphatic heterocycles. The monoisotopic (exact) mass is 732 g/mol. The van der Waals surface area contributed by atoms with Crippen LogP contribution in [0.5, 0.6) is 0 Å². The molecule has 262 valence electrons. The van der Waals surface area contributed by atoms with Gasteiger partial charge < -0.3 is 4.57 Å². The van der Waals surface area contributed by atoms with E-state index in [1.54, 1.807) is 11.3 Å². The minimum atomic E-state index is 0.658. The quantitative estimate of drug-likeness (QED) is 0.171. The van der Waals surface area contributed by atoms with Crippen LogP contribution in [0.4, 0.5) is 0 Å². The second-order valence-corrected chi connectivity index (χ2v) is 15.0. The molecule has 3 heterocycles. The number of aromatic nitrogens is 4. The molecule has 0 amide bonds. The van der Waals surface area contributed by atoms with Crippen molar-refractivity contribution in [1.29, 1.82) is 0 Å². The number of nitrogens with zero attached hydrogens (tertiary/aromatic N) is 4. The first kappa shape index (κ1) is 32.2. The smallest absolute Gasteiger partial charge is 0.165 e. The highest BCUT2D eigenvalue weighted by molar-refractivity contribution is 7.26. The maximum absolute atomic E-state index is 5.10. The van der Waals surface area contributed by atoms with Gasteiger partial charge in [-0.25, -0.2) is 15.0 Å². The number of benzene rings is 8. The Morgan fingerprint density at radius 3 is 1.66 bits per heavy atom. The van der Waals surface area contributed by atoms with Crippen molar-refractivity contribution in [1.82, 2.24) is 19.5 Å². The Hall–Kier alpha value is -7.21. The van der Waals surface area contributed by atoms with Gasteiger partial charge >= 0.3 is 0 Å². The number of para-hydroxylation sites is 2. The molecule has 11 aromatic rings. The molecule has 0 radical (unpaired) electrons. The lowest BCUT2D eigenvalue weighted by atomic mass is 9.91. The van der Waals surface area contributed by atoms with Gasteiger partial charge in [0.1, 0.15) is 0 Å². The highest BCUT2D eigenvalue weighted by atomic mass is 32.1. The van der Waals surface area contributed by atoms with Gasteiger partial charge in [-0.3, -0.25) is 0 Å². The molecule has 3 aromatic heterocycles. The molecule has 0 fully saturated rings. The zero-order chi connectivity index (χ0) is 37.0. The minimum absolute atomic E-state index is 0.658. The molecule has 0 saturated heterocycles. The van der Waals surface area contributed by atoms with Gasteiger partial charge in [0, 0.05) is 53.3 Å². The third kappa shape index (κ3) is 5.32. The number of hydrogen-bond donors (Lipinski definition) is 0. The zero-order valence-corrected chi connectivity index (χ0v) is 31.0. The summed E-state index contributed by atoms with van der Waals surface area (Å²) in [6.45, 7) is 0. The van der Waals surface area contributed by atoms with Crippen LogP contribution in [0.25, 0.3) is 104 Å². The van der Waals surface area contributed by atoms with Gasteiger partial charge in [0.05, 0.1) is 11.0 Å². The van der Waals surface area contributed by atoms with Crippen molar-refractivity contribution < 1.29 is 0 Å². The van der Waals surface area contributed by atoms with E-state index in [1.807, 2.05) is 36.4 Å². The summed E-state index contributed by atoms with van der Waals surface area (Å²) in [7, 11) is 0. The Balaban J connectivity index is 1.09. The van der Waals surface area contributed by atoms with Crippen LogP contribution in [-0.4, -0.2) is 19.5 Å². The van der Waals surface area contributed by atoms with E-state index in [0.717, 1.165) is 27.1 Å². The zero-order valence-electron chi connectivity index (χ0n) is 30.2. The minimum Gasteiger partial charge on any atom is -0.309 e. The van der Waals surface area contributed by atoms with Crippen LogP contribution in [0, 0.1) is 0 Å². The highest BCUT2D eigenvalue weighted by Crippen LogP contribution is 2.46. The molecular formula is C51H32N4S. The molecule has 11 rings (SSSR count). The van der Waals surface area contributed by atoms with E-state index >= 15 is 0 Å². The van der Waals surface area contributed by atoms with E-state index < -0.39 is 0 Å². The van der Waals surface area contributed by atoms with Crippen molar-refractivity contribution in [2.24, 2.45) is 0 Å². The second-order valence-electron chi connectivity index (χ2n) is 14.0. The average Bonchev–Trinajstić information content (AvgIpc) is 3.83. The largest absolute Gasteiger partial charge is 0.309 e. The van der Waals surface area contributed by atoms with E-state index in [9.17, 15) is 0 Å². The normalized spacial score (nSPS) is 11.6. The van der Waals surface area contributed by atoms with E-state index in [2.05, 4.69) is 162 Å². The molecule has 4 nitrogen and oxygen atoms in total. The summed E-state index contributed by atoms with van der Waals surface area (Å²) in [5.74, 6) is 1.98. The summed E-state index contributed by atoms with van der Waals surface area (Å²) in [4.78, 5) is 15.2. The van der Waals surface area contributed by atoms with E-state index in [1.165, 1.54) is 59.5 Å². The van der Waals surface area contributed by atoms with Crippen molar-refractivity contribution in [2.45, 2.75) is 0 Å². The Bertz CT molecular complexity index is 3180. The summed E-state index contributed by atoms with van der Waals surface area (Å²) < 4.78 is 4.75. The Labute approximate surface area is 327 Å². The molecule has 8 aromatic carbocycles. The van der Waals surface area contributed by atoms with Gasteiger partial charge in [0.2, 0.25) is 0 Å². The fraction of sp³-hybridized carbons (Fsp3) is 0. The molecule has 0 saturated carbocycles. The number of rotatable bonds is 6.